The predicted octanol–water partition coefficient (Wildman–Crippen LogP) is 8.40. The van der Waals surface area contributed by atoms with Crippen LogP contribution in [0.1, 0.15) is 88.2 Å². The molecule has 3 aliphatic rings. The standard InChI is InChI=1S/C35H46N4O2/c36-35-37-33-19-18-32(41-31-15-8-3-9-16-31)23-29(33)25-39(35)34(28-11-4-1-5-12-28)17-10-21-38(24-27-20-22-40-26-27)30-13-6-2-7-14-30/h3,8-9,15-16,18-20,22-23,26,28,30,34H,1-2,4-7,10-14,17,21,24-25H2,(H2,36,37). The maximum Gasteiger partial charge on any atom is 0.197 e. The number of rotatable bonds is 11. The molecule has 1 atom stereocenters. The van der Waals surface area contributed by atoms with E-state index >= 15 is 0 Å². The molecule has 6 rings (SSSR count). The fourth-order valence-electron chi connectivity index (χ4n) is 7.35. The first kappa shape index (κ1) is 27.9. The summed E-state index contributed by atoms with van der Waals surface area (Å²) in [4.78, 5) is 10.1. The van der Waals surface area contributed by atoms with Crippen molar-refractivity contribution < 1.29 is 9.15 Å². The molecule has 2 fully saturated rings. The fourth-order valence-corrected chi connectivity index (χ4v) is 7.35. The molecular formula is C35H46N4O2. The Morgan fingerprint density at radius 2 is 1.71 bits per heavy atom. The summed E-state index contributed by atoms with van der Waals surface area (Å²) in [7, 11) is 0. The topological polar surface area (TPSA) is 67.2 Å². The summed E-state index contributed by atoms with van der Waals surface area (Å²) < 4.78 is 11.6. The zero-order chi connectivity index (χ0) is 27.9. The third kappa shape index (κ3) is 7.16. The van der Waals surface area contributed by atoms with Gasteiger partial charge in [0.25, 0.3) is 0 Å². The Hall–Kier alpha value is -3.25. The van der Waals surface area contributed by atoms with E-state index in [4.69, 9.17) is 19.9 Å². The predicted molar refractivity (Wildman–Crippen MR) is 165 cm³/mol. The van der Waals surface area contributed by atoms with Crippen molar-refractivity contribution in [2.45, 2.75) is 102 Å². The Kier molecular flexibility index (Phi) is 9.26. The minimum Gasteiger partial charge on any atom is -0.472 e. The van der Waals surface area contributed by atoms with E-state index in [9.17, 15) is 0 Å². The van der Waals surface area contributed by atoms with Crippen molar-refractivity contribution in [2.24, 2.45) is 16.6 Å². The second-order valence-electron chi connectivity index (χ2n) is 12.3. The number of aliphatic imine (C=N–C) groups is 1. The number of hydrogen-bond acceptors (Lipinski definition) is 6. The minimum atomic E-state index is 0.410. The van der Waals surface area contributed by atoms with Crippen molar-refractivity contribution in [1.82, 2.24) is 9.80 Å². The summed E-state index contributed by atoms with van der Waals surface area (Å²) in [5, 5.41) is 0. The van der Waals surface area contributed by atoms with E-state index < -0.39 is 0 Å². The van der Waals surface area contributed by atoms with Crippen molar-refractivity contribution in [2.75, 3.05) is 6.54 Å². The third-order valence-electron chi connectivity index (χ3n) is 9.50. The van der Waals surface area contributed by atoms with E-state index in [2.05, 4.69) is 21.9 Å². The molecule has 0 saturated heterocycles. The summed E-state index contributed by atoms with van der Waals surface area (Å²) in [5.41, 5.74) is 10.2. The molecule has 2 aromatic carbocycles. The van der Waals surface area contributed by atoms with Crippen LogP contribution in [0.15, 0.2) is 76.5 Å². The lowest BCUT2D eigenvalue weighted by Crippen LogP contribution is -2.49. The molecule has 0 spiro atoms. The van der Waals surface area contributed by atoms with Crippen LogP contribution in [0.2, 0.25) is 0 Å². The largest absolute Gasteiger partial charge is 0.472 e. The smallest absolute Gasteiger partial charge is 0.197 e. The summed E-state index contributed by atoms with van der Waals surface area (Å²) in [6.07, 6.45) is 19.4. The number of benzene rings is 2. The second-order valence-corrected chi connectivity index (χ2v) is 12.3. The fraction of sp³-hybridized carbons (Fsp3) is 0.514. The molecule has 2 N–H and O–H groups in total. The maximum absolute atomic E-state index is 6.73. The molecule has 1 unspecified atom stereocenters. The number of fused-ring (bicyclic) bond motifs is 1. The normalized spacial score (nSPS) is 19.1. The maximum atomic E-state index is 6.73. The SMILES string of the molecule is NC1=Nc2ccc(Oc3ccccc3)cc2CN1C(CCCN(Cc1ccoc1)C1CCCCC1)C1CCCCC1. The first-order chi connectivity index (χ1) is 20.2. The van der Waals surface area contributed by atoms with Crippen LogP contribution >= 0.6 is 0 Å². The molecule has 0 amide bonds. The number of para-hydroxylation sites is 1. The van der Waals surface area contributed by atoms with Gasteiger partial charge in [0, 0.05) is 36.3 Å². The van der Waals surface area contributed by atoms with Gasteiger partial charge in [0.1, 0.15) is 11.5 Å². The molecular weight excluding hydrogens is 508 g/mol. The lowest BCUT2D eigenvalue weighted by Gasteiger charge is -2.42. The zero-order valence-corrected chi connectivity index (χ0v) is 24.4. The van der Waals surface area contributed by atoms with Crippen LogP contribution in [0.3, 0.4) is 0 Å². The van der Waals surface area contributed by atoms with E-state index in [1.165, 1.54) is 81.8 Å². The summed E-state index contributed by atoms with van der Waals surface area (Å²) >= 11 is 0. The molecule has 2 saturated carbocycles. The molecule has 6 nitrogen and oxygen atoms in total. The Morgan fingerprint density at radius 1 is 0.927 bits per heavy atom. The van der Waals surface area contributed by atoms with Crippen LogP contribution in [-0.4, -0.2) is 34.4 Å². The van der Waals surface area contributed by atoms with Gasteiger partial charge in [-0.15, -0.1) is 0 Å². The first-order valence-corrected chi connectivity index (χ1v) is 15.9. The van der Waals surface area contributed by atoms with Crippen LogP contribution in [0.4, 0.5) is 5.69 Å². The number of ether oxygens (including phenoxy) is 1. The van der Waals surface area contributed by atoms with E-state index in [0.717, 1.165) is 43.2 Å². The van der Waals surface area contributed by atoms with Crippen LogP contribution in [0.5, 0.6) is 11.5 Å². The van der Waals surface area contributed by atoms with Crippen molar-refractivity contribution in [3.63, 3.8) is 0 Å². The Bertz CT molecular complexity index is 1250. The highest BCUT2D eigenvalue weighted by Gasteiger charge is 2.33. The molecule has 6 heteroatoms. The van der Waals surface area contributed by atoms with Crippen molar-refractivity contribution in [3.05, 3.63) is 78.3 Å². The second kappa shape index (κ2) is 13.6. The van der Waals surface area contributed by atoms with Crippen LogP contribution in [-0.2, 0) is 13.1 Å². The van der Waals surface area contributed by atoms with Gasteiger partial charge >= 0.3 is 0 Å². The van der Waals surface area contributed by atoms with Gasteiger partial charge in [-0.05, 0) is 87.4 Å². The van der Waals surface area contributed by atoms with Gasteiger partial charge in [0.05, 0.1) is 18.2 Å². The van der Waals surface area contributed by atoms with Gasteiger partial charge < -0.3 is 19.8 Å². The Balaban J connectivity index is 1.17. The first-order valence-electron chi connectivity index (χ1n) is 15.9. The number of furan rings is 1. The average molecular weight is 555 g/mol. The molecule has 1 aromatic heterocycles. The molecule has 1 aliphatic heterocycles. The van der Waals surface area contributed by atoms with Crippen molar-refractivity contribution >= 4 is 11.6 Å². The minimum absolute atomic E-state index is 0.410. The van der Waals surface area contributed by atoms with Crippen LogP contribution < -0.4 is 10.5 Å². The lowest BCUT2D eigenvalue weighted by atomic mass is 9.81. The van der Waals surface area contributed by atoms with Gasteiger partial charge in [-0.3, -0.25) is 4.90 Å². The Labute approximate surface area is 245 Å². The van der Waals surface area contributed by atoms with Gasteiger partial charge in [0.15, 0.2) is 5.96 Å². The third-order valence-corrected chi connectivity index (χ3v) is 9.50. The molecule has 0 bridgehead atoms. The lowest BCUT2D eigenvalue weighted by molar-refractivity contribution is 0.126. The van der Waals surface area contributed by atoms with Gasteiger partial charge in [-0.1, -0.05) is 56.7 Å². The number of nitrogens with zero attached hydrogens (tertiary/aromatic N) is 3. The zero-order valence-electron chi connectivity index (χ0n) is 24.4. The molecule has 218 valence electrons. The highest BCUT2D eigenvalue weighted by Crippen LogP contribution is 2.37. The molecule has 3 aromatic rings. The highest BCUT2D eigenvalue weighted by molar-refractivity contribution is 5.84. The summed E-state index contributed by atoms with van der Waals surface area (Å²) in [6, 6.07) is 19.4. The molecule has 2 heterocycles. The van der Waals surface area contributed by atoms with E-state index in [1.807, 2.05) is 48.7 Å². The van der Waals surface area contributed by atoms with Crippen molar-refractivity contribution in [1.29, 1.82) is 0 Å². The number of guanidine groups is 1. The number of nitrogens with two attached hydrogens (primary N) is 1. The molecule has 41 heavy (non-hydrogen) atoms. The molecule has 2 aliphatic carbocycles. The molecule has 0 radical (unpaired) electrons. The summed E-state index contributed by atoms with van der Waals surface area (Å²) in [6.45, 7) is 2.90. The van der Waals surface area contributed by atoms with E-state index in [-0.39, 0.29) is 0 Å². The van der Waals surface area contributed by atoms with E-state index in [0.29, 0.717) is 24.0 Å². The van der Waals surface area contributed by atoms with Gasteiger partial charge in [0.2, 0.25) is 0 Å². The summed E-state index contributed by atoms with van der Waals surface area (Å²) in [5.74, 6) is 3.04. The quantitative estimate of drug-likeness (QED) is 0.258. The Morgan fingerprint density at radius 3 is 2.46 bits per heavy atom. The van der Waals surface area contributed by atoms with E-state index in [1.54, 1.807) is 6.26 Å². The van der Waals surface area contributed by atoms with Gasteiger partial charge in [-0.25, -0.2) is 4.99 Å². The van der Waals surface area contributed by atoms with Crippen molar-refractivity contribution in [3.8, 4) is 11.5 Å². The van der Waals surface area contributed by atoms with Gasteiger partial charge in [-0.2, -0.15) is 0 Å². The highest BCUT2D eigenvalue weighted by atomic mass is 16.5. The van der Waals surface area contributed by atoms with Crippen LogP contribution in [0.25, 0.3) is 0 Å². The van der Waals surface area contributed by atoms with Crippen LogP contribution in [0, 0.1) is 5.92 Å². The monoisotopic (exact) mass is 554 g/mol. The average Bonchev–Trinajstić information content (AvgIpc) is 3.53. The number of hydrogen-bond donors (Lipinski definition) is 1.